The molecule has 29 heavy (non-hydrogen) atoms. The summed E-state index contributed by atoms with van der Waals surface area (Å²) in [5.74, 6) is -0.105. The van der Waals surface area contributed by atoms with Crippen molar-refractivity contribution in [2.75, 3.05) is 5.32 Å². The van der Waals surface area contributed by atoms with Crippen molar-refractivity contribution in [3.63, 3.8) is 0 Å². The monoisotopic (exact) mass is 511 g/mol. The fraction of sp³-hybridized carbons (Fsp3) is 0.0870. The standard InChI is InChI=1S/C23H18IN3OS/c1-15-7-8-20(26-23(28)16-4-2-6-19(24)10-16)11-18(15)12-22-27-21(14-29-22)17-5-3-9-25-13-17/h2-11,13-14H,12H2,1H3,(H,26,28). The zero-order valence-electron chi connectivity index (χ0n) is 15.7. The molecule has 0 saturated heterocycles. The van der Waals surface area contributed by atoms with Gasteiger partial charge in [-0.25, -0.2) is 4.98 Å². The van der Waals surface area contributed by atoms with E-state index < -0.39 is 0 Å². The molecule has 0 fully saturated rings. The van der Waals surface area contributed by atoms with E-state index in [4.69, 9.17) is 4.98 Å². The summed E-state index contributed by atoms with van der Waals surface area (Å²) < 4.78 is 1.04. The Hall–Kier alpha value is -2.58. The summed E-state index contributed by atoms with van der Waals surface area (Å²) in [6, 6.07) is 17.5. The number of aryl methyl sites for hydroxylation is 1. The molecule has 0 bridgehead atoms. The lowest BCUT2D eigenvalue weighted by Gasteiger charge is -2.10. The highest BCUT2D eigenvalue weighted by Gasteiger charge is 2.10. The fourth-order valence-corrected chi connectivity index (χ4v) is 4.34. The second-order valence-electron chi connectivity index (χ2n) is 6.65. The first-order valence-corrected chi connectivity index (χ1v) is 11.1. The van der Waals surface area contributed by atoms with Crippen LogP contribution in [0.5, 0.6) is 0 Å². The van der Waals surface area contributed by atoms with Gasteiger partial charge in [-0.1, -0.05) is 12.1 Å². The van der Waals surface area contributed by atoms with Crippen molar-refractivity contribution in [1.82, 2.24) is 9.97 Å². The van der Waals surface area contributed by atoms with Gasteiger partial charge in [0.1, 0.15) is 0 Å². The molecule has 6 heteroatoms. The number of hydrogen-bond acceptors (Lipinski definition) is 4. The Morgan fingerprint density at radius 2 is 2.03 bits per heavy atom. The van der Waals surface area contributed by atoms with Crippen LogP contribution in [0.3, 0.4) is 0 Å². The summed E-state index contributed by atoms with van der Waals surface area (Å²) in [5, 5.41) is 6.10. The summed E-state index contributed by atoms with van der Waals surface area (Å²) in [7, 11) is 0. The lowest BCUT2D eigenvalue weighted by atomic mass is 10.0. The number of nitrogens with zero attached hydrogens (tertiary/aromatic N) is 2. The van der Waals surface area contributed by atoms with Crippen LogP contribution in [-0.4, -0.2) is 15.9 Å². The third-order valence-corrected chi connectivity index (χ3v) is 6.06. The molecule has 2 aromatic carbocycles. The number of halogens is 1. The molecule has 4 rings (SSSR count). The zero-order valence-corrected chi connectivity index (χ0v) is 18.7. The van der Waals surface area contributed by atoms with E-state index in [-0.39, 0.29) is 5.91 Å². The van der Waals surface area contributed by atoms with Gasteiger partial charge in [-0.2, -0.15) is 0 Å². The summed E-state index contributed by atoms with van der Waals surface area (Å²) in [6.07, 6.45) is 4.31. The van der Waals surface area contributed by atoms with Crippen LogP contribution in [-0.2, 0) is 6.42 Å². The predicted molar refractivity (Wildman–Crippen MR) is 126 cm³/mol. The predicted octanol–water partition coefficient (Wildman–Crippen LogP) is 5.96. The largest absolute Gasteiger partial charge is 0.322 e. The Balaban J connectivity index is 1.52. The van der Waals surface area contributed by atoms with Crippen LogP contribution < -0.4 is 5.32 Å². The maximum absolute atomic E-state index is 12.6. The minimum atomic E-state index is -0.105. The van der Waals surface area contributed by atoms with Gasteiger partial charge in [0.05, 0.1) is 10.7 Å². The third-order valence-electron chi connectivity index (χ3n) is 4.54. The fourth-order valence-electron chi connectivity index (χ4n) is 2.97. The number of amides is 1. The average Bonchev–Trinajstić information content (AvgIpc) is 3.20. The van der Waals surface area contributed by atoms with E-state index in [1.807, 2.05) is 60.8 Å². The molecule has 0 saturated carbocycles. The van der Waals surface area contributed by atoms with Gasteiger partial charge in [-0.3, -0.25) is 9.78 Å². The summed E-state index contributed by atoms with van der Waals surface area (Å²) >= 11 is 3.85. The Labute approximate surface area is 187 Å². The first-order valence-electron chi connectivity index (χ1n) is 9.10. The number of hydrogen-bond donors (Lipinski definition) is 1. The number of carbonyl (C=O) groups is 1. The number of benzene rings is 2. The number of rotatable bonds is 5. The van der Waals surface area contributed by atoms with Crippen molar-refractivity contribution >= 4 is 45.5 Å². The molecule has 2 aromatic heterocycles. The van der Waals surface area contributed by atoms with Gasteiger partial charge in [0, 0.05) is 44.6 Å². The SMILES string of the molecule is Cc1ccc(NC(=O)c2cccc(I)c2)cc1Cc1nc(-c2cccnc2)cs1. The molecule has 0 aliphatic rings. The van der Waals surface area contributed by atoms with E-state index in [0.29, 0.717) is 5.56 Å². The van der Waals surface area contributed by atoms with Crippen molar-refractivity contribution in [2.24, 2.45) is 0 Å². The Kier molecular flexibility index (Phi) is 6.01. The number of carbonyl (C=O) groups excluding carboxylic acids is 1. The lowest BCUT2D eigenvalue weighted by molar-refractivity contribution is 0.102. The molecular formula is C23H18IN3OS. The smallest absolute Gasteiger partial charge is 0.255 e. The normalized spacial score (nSPS) is 10.7. The first-order chi connectivity index (χ1) is 14.1. The Morgan fingerprint density at radius 3 is 2.83 bits per heavy atom. The second-order valence-corrected chi connectivity index (χ2v) is 8.84. The topological polar surface area (TPSA) is 54.9 Å². The lowest BCUT2D eigenvalue weighted by Crippen LogP contribution is -2.12. The number of aromatic nitrogens is 2. The maximum Gasteiger partial charge on any atom is 0.255 e. The van der Waals surface area contributed by atoms with Crippen LogP contribution in [0.15, 0.2) is 72.4 Å². The van der Waals surface area contributed by atoms with Gasteiger partial charge in [-0.05, 0) is 83.1 Å². The van der Waals surface area contributed by atoms with Gasteiger partial charge < -0.3 is 5.32 Å². The highest BCUT2D eigenvalue weighted by Crippen LogP contribution is 2.25. The quantitative estimate of drug-likeness (QED) is 0.337. The van der Waals surface area contributed by atoms with Gasteiger partial charge >= 0.3 is 0 Å². The van der Waals surface area contributed by atoms with Crippen molar-refractivity contribution in [3.05, 3.63) is 97.6 Å². The molecule has 4 aromatic rings. The van der Waals surface area contributed by atoms with E-state index in [2.05, 4.69) is 45.2 Å². The van der Waals surface area contributed by atoms with E-state index in [9.17, 15) is 4.79 Å². The molecule has 4 nitrogen and oxygen atoms in total. The molecule has 1 N–H and O–H groups in total. The molecule has 0 atom stereocenters. The Bertz CT molecular complexity index is 1160. The van der Waals surface area contributed by atoms with Crippen LogP contribution in [0.25, 0.3) is 11.3 Å². The summed E-state index contributed by atoms with van der Waals surface area (Å²) in [4.78, 5) is 21.5. The van der Waals surface area contributed by atoms with Crippen LogP contribution in [0, 0.1) is 10.5 Å². The molecule has 0 radical (unpaired) electrons. The number of thiazole rings is 1. The molecule has 144 valence electrons. The maximum atomic E-state index is 12.6. The van der Waals surface area contributed by atoms with E-state index >= 15 is 0 Å². The number of nitrogens with one attached hydrogen (secondary N) is 1. The van der Waals surface area contributed by atoms with Crippen molar-refractivity contribution < 1.29 is 4.79 Å². The van der Waals surface area contributed by atoms with Crippen LogP contribution in [0.4, 0.5) is 5.69 Å². The molecule has 2 heterocycles. The Morgan fingerprint density at radius 1 is 1.14 bits per heavy atom. The molecule has 0 aliphatic heterocycles. The third kappa shape index (κ3) is 4.89. The van der Waals surface area contributed by atoms with E-state index in [1.165, 1.54) is 5.56 Å². The summed E-state index contributed by atoms with van der Waals surface area (Å²) in [6.45, 7) is 2.08. The van der Waals surface area contributed by atoms with Crippen LogP contribution in [0.2, 0.25) is 0 Å². The van der Waals surface area contributed by atoms with Crippen molar-refractivity contribution in [1.29, 1.82) is 0 Å². The van der Waals surface area contributed by atoms with Gasteiger partial charge in [0.2, 0.25) is 0 Å². The number of anilines is 1. The highest BCUT2D eigenvalue weighted by atomic mass is 127. The van der Waals surface area contributed by atoms with Crippen molar-refractivity contribution in [2.45, 2.75) is 13.3 Å². The molecular weight excluding hydrogens is 493 g/mol. The summed E-state index contributed by atoms with van der Waals surface area (Å²) in [5.41, 5.74) is 5.73. The second kappa shape index (κ2) is 8.84. The number of pyridine rings is 1. The minimum Gasteiger partial charge on any atom is -0.322 e. The van der Waals surface area contributed by atoms with E-state index in [0.717, 1.165) is 37.5 Å². The zero-order chi connectivity index (χ0) is 20.2. The van der Waals surface area contributed by atoms with Gasteiger partial charge in [0.15, 0.2) is 0 Å². The van der Waals surface area contributed by atoms with Crippen LogP contribution in [0.1, 0.15) is 26.5 Å². The average molecular weight is 511 g/mol. The highest BCUT2D eigenvalue weighted by molar-refractivity contribution is 14.1. The molecule has 0 unspecified atom stereocenters. The van der Waals surface area contributed by atoms with Crippen LogP contribution >= 0.6 is 33.9 Å². The molecule has 0 spiro atoms. The van der Waals surface area contributed by atoms with Gasteiger partial charge in [-0.15, -0.1) is 11.3 Å². The minimum absolute atomic E-state index is 0.105. The van der Waals surface area contributed by atoms with E-state index in [1.54, 1.807) is 17.5 Å². The molecule has 1 amide bonds. The van der Waals surface area contributed by atoms with Crippen molar-refractivity contribution in [3.8, 4) is 11.3 Å². The molecule has 0 aliphatic carbocycles. The van der Waals surface area contributed by atoms with Gasteiger partial charge in [0.25, 0.3) is 5.91 Å². The first kappa shape index (κ1) is 19.7.